The van der Waals surface area contributed by atoms with Crippen molar-refractivity contribution in [3.63, 3.8) is 0 Å². The lowest BCUT2D eigenvalue weighted by atomic mass is 9.98. The fourth-order valence-electron chi connectivity index (χ4n) is 4.52. The van der Waals surface area contributed by atoms with Gasteiger partial charge in [-0.2, -0.15) is 0 Å². The van der Waals surface area contributed by atoms with Crippen LogP contribution in [0.2, 0.25) is 0 Å². The molecule has 0 spiro atoms. The molecular formula is C26H25N3O6. The average Bonchev–Trinajstić information content (AvgIpc) is 3.45. The van der Waals surface area contributed by atoms with Crippen molar-refractivity contribution in [3.05, 3.63) is 77.5 Å². The number of nitrogens with zero attached hydrogens (tertiary/aromatic N) is 1. The molecule has 1 unspecified atom stereocenters. The Hall–Kier alpha value is -4.14. The second kappa shape index (κ2) is 9.61. The Morgan fingerprint density at radius 1 is 1.06 bits per heavy atom. The highest BCUT2D eigenvalue weighted by atomic mass is 16.5. The van der Waals surface area contributed by atoms with Gasteiger partial charge in [-0.25, -0.2) is 14.6 Å². The van der Waals surface area contributed by atoms with Crippen LogP contribution in [0, 0.1) is 5.92 Å². The van der Waals surface area contributed by atoms with Gasteiger partial charge in [-0.15, -0.1) is 0 Å². The van der Waals surface area contributed by atoms with Gasteiger partial charge in [0.2, 0.25) is 0 Å². The predicted molar refractivity (Wildman–Crippen MR) is 125 cm³/mol. The maximum absolute atomic E-state index is 12.6. The molecule has 2 aliphatic carbocycles. The Labute approximate surface area is 201 Å². The number of benzene rings is 2. The van der Waals surface area contributed by atoms with E-state index in [9.17, 15) is 19.5 Å². The number of aliphatic carboxylic acids is 1. The Bertz CT molecular complexity index is 1220. The van der Waals surface area contributed by atoms with Crippen LogP contribution in [0.3, 0.4) is 0 Å². The number of carbonyl (C=O) groups excluding carboxylic acids is 2. The zero-order valence-corrected chi connectivity index (χ0v) is 18.9. The van der Waals surface area contributed by atoms with Crippen LogP contribution in [-0.2, 0) is 16.1 Å². The predicted octanol–water partition coefficient (Wildman–Crippen LogP) is 3.70. The van der Waals surface area contributed by atoms with Crippen LogP contribution in [0.1, 0.15) is 52.6 Å². The third-order valence-corrected chi connectivity index (χ3v) is 6.46. The molecule has 2 amide bonds. The molecule has 35 heavy (non-hydrogen) atoms. The van der Waals surface area contributed by atoms with Gasteiger partial charge in [-0.1, -0.05) is 61.4 Å². The van der Waals surface area contributed by atoms with E-state index in [1.165, 1.54) is 0 Å². The molecule has 9 heteroatoms. The number of aromatic nitrogens is 1. The zero-order chi connectivity index (χ0) is 24.4. The number of carbonyl (C=O) groups is 3. The minimum absolute atomic E-state index is 0.0639. The van der Waals surface area contributed by atoms with Crippen molar-refractivity contribution < 1.29 is 28.6 Å². The van der Waals surface area contributed by atoms with E-state index >= 15 is 0 Å². The monoisotopic (exact) mass is 475 g/mol. The highest BCUT2D eigenvalue weighted by Crippen LogP contribution is 2.44. The molecule has 1 atom stereocenters. The molecule has 180 valence electrons. The molecule has 2 aromatic carbocycles. The SMILES string of the molecule is O=C(NCc1ocnc1C(=O)NC(CC1CC1)C(=O)O)OCC1c2ccccc2-c2ccccc21. The van der Waals surface area contributed by atoms with Crippen LogP contribution in [0.15, 0.2) is 59.3 Å². The summed E-state index contributed by atoms with van der Waals surface area (Å²) in [5.41, 5.74) is 4.42. The zero-order valence-electron chi connectivity index (χ0n) is 18.9. The van der Waals surface area contributed by atoms with E-state index in [2.05, 4.69) is 27.8 Å². The van der Waals surface area contributed by atoms with E-state index in [4.69, 9.17) is 9.15 Å². The van der Waals surface area contributed by atoms with Gasteiger partial charge in [0.25, 0.3) is 5.91 Å². The van der Waals surface area contributed by atoms with E-state index in [-0.39, 0.29) is 30.5 Å². The molecule has 3 aromatic rings. The standard InChI is InChI=1S/C26H25N3O6/c30-24(29-21(25(31)32)11-15-9-10-15)23-22(35-14-28-23)12-27-26(33)34-13-20-18-7-3-1-5-16(18)17-6-2-4-8-19(17)20/h1-8,14-15,20-21H,9-13H2,(H,27,33)(H,29,30)(H,31,32). The maximum atomic E-state index is 12.6. The first-order valence-electron chi connectivity index (χ1n) is 11.6. The van der Waals surface area contributed by atoms with E-state index in [0.717, 1.165) is 41.5 Å². The highest BCUT2D eigenvalue weighted by Gasteiger charge is 2.32. The Morgan fingerprint density at radius 2 is 1.71 bits per heavy atom. The number of carboxylic acid groups (broad SMARTS) is 1. The van der Waals surface area contributed by atoms with Crippen LogP contribution >= 0.6 is 0 Å². The fourth-order valence-corrected chi connectivity index (χ4v) is 4.52. The van der Waals surface area contributed by atoms with Crippen molar-refractivity contribution in [3.8, 4) is 11.1 Å². The van der Waals surface area contributed by atoms with Crippen molar-refractivity contribution in [1.29, 1.82) is 0 Å². The average molecular weight is 476 g/mol. The molecule has 0 bridgehead atoms. The van der Waals surface area contributed by atoms with E-state index in [1.807, 2.05) is 36.4 Å². The normalized spacial score (nSPS) is 15.1. The summed E-state index contributed by atoms with van der Waals surface area (Å²) >= 11 is 0. The number of alkyl carbamates (subject to hydrolysis) is 1. The second-order valence-corrected chi connectivity index (χ2v) is 8.85. The summed E-state index contributed by atoms with van der Waals surface area (Å²) in [5, 5.41) is 14.5. The molecule has 1 heterocycles. The van der Waals surface area contributed by atoms with Gasteiger partial charge in [0, 0.05) is 5.92 Å². The quantitative estimate of drug-likeness (QED) is 0.430. The van der Waals surface area contributed by atoms with Crippen LogP contribution in [0.5, 0.6) is 0 Å². The third kappa shape index (κ3) is 4.89. The van der Waals surface area contributed by atoms with Crippen molar-refractivity contribution in [2.24, 2.45) is 5.92 Å². The summed E-state index contributed by atoms with van der Waals surface area (Å²) in [6.07, 6.45) is 2.75. The summed E-state index contributed by atoms with van der Waals surface area (Å²) in [5.74, 6) is -1.38. The summed E-state index contributed by atoms with van der Waals surface area (Å²) in [6.45, 7) is 0.0326. The Morgan fingerprint density at radius 3 is 2.34 bits per heavy atom. The van der Waals surface area contributed by atoms with Crippen molar-refractivity contribution in [2.45, 2.75) is 37.8 Å². The molecule has 2 aliphatic rings. The number of rotatable bonds is 9. The fraction of sp³-hybridized carbons (Fsp3) is 0.308. The molecule has 3 N–H and O–H groups in total. The number of carboxylic acids is 1. The number of hydrogen-bond donors (Lipinski definition) is 3. The van der Waals surface area contributed by atoms with E-state index < -0.39 is 24.0 Å². The number of fused-ring (bicyclic) bond motifs is 3. The molecule has 1 fully saturated rings. The molecule has 0 radical (unpaired) electrons. The summed E-state index contributed by atoms with van der Waals surface area (Å²) in [6, 6.07) is 15.1. The summed E-state index contributed by atoms with van der Waals surface area (Å²) in [4.78, 5) is 40.4. The number of oxazole rings is 1. The first kappa shape index (κ1) is 22.6. The van der Waals surface area contributed by atoms with E-state index in [0.29, 0.717) is 12.3 Å². The van der Waals surface area contributed by atoms with Crippen molar-refractivity contribution in [1.82, 2.24) is 15.6 Å². The Kier molecular flexibility index (Phi) is 6.22. The van der Waals surface area contributed by atoms with Gasteiger partial charge in [-0.3, -0.25) is 4.79 Å². The van der Waals surface area contributed by atoms with Gasteiger partial charge < -0.3 is 24.9 Å². The van der Waals surface area contributed by atoms with Gasteiger partial charge in [0.15, 0.2) is 17.8 Å². The molecule has 9 nitrogen and oxygen atoms in total. The molecule has 1 aromatic heterocycles. The molecule has 5 rings (SSSR count). The highest BCUT2D eigenvalue weighted by molar-refractivity contribution is 5.95. The van der Waals surface area contributed by atoms with Gasteiger partial charge in [0.05, 0.1) is 6.54 Å². The molecular weight excluding hydrogens is 450 g/mol. The topological polar surface area (TPSA) is 131 Å². The number of ether oxygens (including phenoxy) is 1. The molecule has 1 saturated carbocycles. The smallest absolute Gasteiger partial charge is 0.407 e. The van der Waals surface area contributed by atoms with Crippen LogP contribution in [0.4, 0.5) is 4.79 Å². The lowest BCUT2D eigenvalue weighted by molar-refractivity contribution is -0.139. The van der Waals surface area contributed by atoms with Gasteiger partial charge in [0.1, 0.15) is 12.6 Å². The Balaban J connectivity index is 1.17. The number of nitrogens with one attached hydrogen (secondary N) is 2. The minimum Gasteiger partial charge on any atom is -0.480 e. The molecule has 0 saturated heterocycles. The summed E-state index contributed by atoms with van der Waals surface area (Å²) in [7, 11) is 0. The van der Waals surface area contributed by atoms with E-state index in [1.54, 1.807) is 0 Å². The van der Waals surface area contributed by atoms with Crippen LogP contribution in [-0.4, -0.2) is 40.7 Å². The third-order valence-electron chi connectivity index (χ3n) is 6.46. The minimum atomic E-state index is -1.09. The first-order chi connectivity index (χ1) is 17.0. The second-order valence-electron chi connectivity index (χ2n) is 8.85. The van der Waals surface area contributed by atoms with Crippen molar-refractivity contribution >= 4 is 18.0 Å². The lowest BCUT2D eigenvalue weighted by Crippen LogP contribution is -2.41. The van der Waals surface area contributed by atoms with Crippen LogP contribution < -0.4 is 10.6 Å². The largest absolute Gasteiger partial charge is 0.480 e. The number of amides is 2. The van der Waals surface area contributed by atoms with Gasteiger partial charge >= 0.3 is 12.1 Å². The molecule has 0 aliphatic heterocycles. The number of hydrogen-bond acceptors (Lipinski definition) is 6. The summed E-state index contributed by atoms with van der Waals surface area (Å²) < 4.78 is 10.7. The maximum Gasteiger partial charge on any atom is 0.407 e. The first-order valence-corrected chi connectivity index (χ1v) is 11.6. The lowest BCUT2D eigenvalue weighted by Gasteiger charge is -2.15. The van der Waals surface area contributed by atoms with Gasteiger partial charge in [-0.05, 0) is 34.6 Å². The van der Waals surface area contributed by atoms with Crippen LogP contribution in [0.25, 0.3) is 11.1 Å². The van der Waals surface area contributed by atoms with Crippen molar-refractivity contribution in [2.75, 3.05) is 6.61 Å².